The smallest absolute Gasteiger partial charge is 0.309 e. The molecular formula is C22H23BN2O4. The van der Waals surface area contributed by atoms with Crippen molar-refractivity contribution in [3.05, 3.63) is 47.5 Å². The lowest BCUT2D eigenvalue weighted by Gasteiger charge is -2.30. The van der Waals surface area contributed by atoms with Gasteiger partial charge in [-0.2, -0.15) is 5.26 Å². The third kappa shape index (κ3) is 4.55. The lowest BCUT2D eigenvalue weighted by molar-refractivity contribution is -0.134. The van der Waals surface area contributed by atoms with Crippen LogP contribution in [0, 0.1) is 17.2 Å². The Kier molecular flexibility index (Phi) is 5.73. The lowest BCUT2D eigenvalue weighted by Crippen LogP contribution is -2.40. The number of nitriles is 1. The summed E-state index contributed by atoms with van der Waals surface area (Å²) in [7, 11) is 0.633. The van der Waals surface area contributed by atoms with E-state index < -0.39 is 0 Å². The molecule has 4 rings (SSSR count). The first-order chi connectivity index (χ1) is 14.1. The van der Waals surface area contributed by atoms with Crippen molar-refractivity contribution in [2.75, 3.05) is 19.7 Å². The summed E-state index contributed by atoms with van der Waals surface area (Å²) in [6.07, 6.45) is 2.04. The Labute approximate surface area is 171 Å². The van der Waals surface area contributed by atoms with Crippen LogP contribution in [-0.2, 0) is 16.1 Å². The highest BCUT2D eigenvalue weighted by molar-refractivity contribution is 6.48. The second kappa shape index (κ2) is 8.58. The van der Waals surface area contributed by atoms with Crippen molar-refractivity contribution in [3.63, 3.8) is 0 Å². The normalized spacial score (nSPS) is 15.9. The number of hydrogen-bond acceptors (Lipinski definition) is 5. The van der Waals surface area contributed by atoms with Crippen LogP contribution < -0.4 is 14.9 Å². The average molecular weight is 390 g/mol. The van der Waals surface area contributed by atoms with Crippen LogP contribution in [0.5, 0.6) is 17.2 Å². The number of amides is 1. The molecule has 6 nitrogen and oxygen atoms in total. The SMILES string of the molecule is CC1CCN(C(=O)COc2cc(Oc3ccc4c(c3)COB4)ccc2C#N)CC1. The van der Waals surface area contributed by atoms with E-state index in [1.807, 2.05) is 23.1 Å². The summed E-state index contributed by atoms with van der Waals surface area (Å²) in [5.41, 5.74) is 2.67. The molecule has 7 heteroatoms. The van der Waals surface area contributed by atoms with Gasteiger partial charge in [0.15, 0.2) is 6.61 Å². The molecule has 0 saturated carbocycles. The van der Waals surface area contributed by atoms with Crippen molar-refractivity contribution in [2.45, 2.75) is 26.4 Å². The summed E-state index contributed by atoms with van der Waals surface area (Å²) >= 11 is 0. The van der Waals surface area contributed by atoms with Gasteiger partial charge in [-0.1, -0.05) is 13.0 Å². The van der Waals surface area contributed by atoms with E-state index in [0.717, 1.165) is 31.5 Å². The zero-order chi connectivity index (χ0) is 20.2. The Hall–Kier alpha value is -2.98. The molecule has 2 heterocycles. The number of hydrogen-bond donors (Lipinski definition) is 0. The summed E-state index contributed by atoms with van der Waals surface area (Å²) in [6.45, 7) is 4.24. The van der Waals surface area contributed by atoms with Crippen LogP contribution in [0.25, 0.3) is 0 Å². The van der Waals surface area contributed by atoms with Crippen LogP contribution in [0.15, 0.2) is 36.4 Å². The molecule has 0 N–H and O–H groups in total. The van der Waals surface area contributed by atoms with Gasteiger partial charge in [0.25, 0.3) is 5.91 Å². The Morgan fingerprint density at radius 2 is 2.00 bits per heavy atom. The number of rotatable bonds is 5. The Morgan fingerprint density at radius 3 is 2.79 bits per heavy atom. The molecule has 2 aliphatic heterocycles. The van der Waals surface area contributed by atoms with Crippen LogP contribution in [-0.4, -0.2) is 38.0 Å². The van der Waals surface area contributed by atoms with Crippen molar-refractivity contribution in [2.24, 2.45) is 5.92 Å². The summed E-state index contributed by atoms with van der Waals surface area (Å²) in [6, 6.07) is 13.0. The molecule has 2 aromatic carbocycles. The van der Waals surface area contributed by atoms with Gasteiger partial charge in [0.2, 0.25) is 0 Å². The van der Waals surface area contributed by atoms with Gasteiger partial charge in [0, 0.05) is 19.2 Å². The number of carbonyl (C=O) groups is 1. The minimum atomic E-state index is -0.0807. The molecule has 1 amide bonds. The first kappa shape index (κ1) is 19.3. The molecule has 2 aromatic rings. The highest BCUT2D eigenvalue weighted by Gasteiger charge is 2.21. The van der Waals surface area contributed by atoms with E-state index in [1.165, 1.54) is 5.46 Å². The van der Waals surface area contributed by atoms with E-state index in [0.29, 0.717) is 42.8 Å². The standard InChI is InChI=1S/C22H23BN2O4/c1-15-6-8-25(9-7-15)22(26)14-27-21-11-19(3-2-16(21)12-24)29-18-4-5-20-17(10-18)13-28-23-20/h2-5,10-11,15,23H,6-9,13-14H2,1H3. The number of nitrogens with zero attached hydrogens (tertiary/aromatic N) is 2. The van der Waals surface area contributed by atoms with Crippen LogP contribution in [0.4, 0.5) is 0 Å². The third-order valence-corrected chi connectivity index (χ3v) is 5.49. The maximum absolute atomic E-state index is 12.4. The molecule has 0 radical (unpaired) electrons. The van der Waals surface area contributed by atoms with Gasteiger partial charge in [-0.3, -0.25) is 4.79 Å². The number of carbonyl (C=O) groups excluding carboxylic acids is 1. The zero-order valence-electron chi connectivity index (χ0n) is 16.5. The largest absolute Gasteiger partial charge is 0.482 e. The second-order valence-corrected chi connectivity index (χ2v) is 7.65. The van der Waals surface area contributed by atoms with Crippen LogP contribution in [0.1, 0.15) is 30.9 Å². The minimum absolute atomic E-state index is 0.0502. The van der Waals surface area contributed by atoms with Crippen molar-refractivity contribution in [1.82, 2.24) is 4.90 Å². The summed E-state index contributed by atoms with van der Waals surface area (Å²) < 4.78 is 17.1. The Bertz CT molecular complexity index is 948. The molecule has 0 aromatic heterocycles. The van der Waals surface area contributed by atoms with E-state index in [9.17, 15) is 10.1 Å². The van der Waals surface area contributed by atoms with Crippen molar-refractivity contribution < 1.29 is 18.9 Å². The van der Waals surface area contributed by atoms with E-state index in [-0.39, 0.29) is 12.5 Å². The maximum atomic E-state index is 12.4. The molecule has 0 unspecified atom stereocenters. The molecule has 0 aliphatic carbocycles. The lowest BCUT2D eigenvalue weighted by atomic mass is 9.87. The number of ether oxygens (including phenoxy) is 2. The molecule has 0 spiro atoms. The quantitative estimate of drug-likeness (QED) is 0.734. The van der Waals surface area contributed by atoms with E-state index >= 15 is 0 Å². The number of benzene rings is 2. The van der Waals surface area contributed by atoms with Gasteiger partial charge in [-0.15, -0.1) is 0 Å². The number of fused-ring (bicyclic) bond motifs is 1. The highest BCUT2D eigenvalue weighted by Crippen LogP contribution is 2.29. The molecular weight excluding hydrogens is 367 g/mol. The zero-order valence-corrected chi connectivity index (χ0v) is 16.5. The minimum Gasteiger partial charge on any atom is -0.482 e. The Balaban J connectivity index is 1.43. The monoisotopic (exact) mass is 390 g/mol. The van der Waals surface area contributed by atoms with Crippen LogP contribution in [0.3, 0.4) is 0 Å². The molecule has 29 heavy (non-hydrogen) atoms. The predicted octanol–water partition coefficient (Wildman–Crippen LogP) is 2.49. The highest BCUT2D eigenvalue weighted by atomic mass is 16.5. The van der Waals surface area contributed by atoms with Gasteiger partial charge >= 0.3 is 7.48 Å². The summed E-state index contributed by atoms with van der Waals surface area (Å²) in [4.78, 5) is 14.3. The molecule has 0 bridgehead atoms. The van der Waals surface area contributed by atoms with Gasteiger partial charge in [-0.25, -0.2) is 0 Å². The molecule has 148 valence electrons. The molecule has 1 saturated heterocycles. The van der Waals surface area contributed by atoms with Crippen LogP contribution >= 0.6 is 0 Å². The molecule has 1 fully saturated rings. The van der Waals surface area contributed by atoms with E-state index in [2.05, 4.69) is 13.0 Å². The summed E-state index contributed by atoms with van der Waals surface area (Å²) in [5, 5.41) is 9.37. The fourth-order valence-corrected chi connectivity index (χ4v) is 3.61. The van der Waals surface area contributed by atoms with Gasteiger partial charge in [0.05, 0.1) is 12.2 Å². The van der Waals surface area contributed by atoms with Gasteiger partial charge < -0.3 is 19.0 Å². The fraction of sp³-hybridized carbons (Fsp3) is 0.364. The third-order valence-electron chi connectivity index (χ3n) is 5.49. The van der Waals surface area contributed by atoms with Crippen molar-refractivity contribution in [3.8, 4) is 23.3 Å². The predicted molar refractivity (Wildman–Crippen MR) is 110 cm³/mol. The van der Waals surface area contributed by atoms with Crippen molar-refractivity contribution >= 4 is 18.9 Å². The first-order valence-corrected chi connectivity index (χ1v) is 9.94. The first-order valence-electron chi connectivity index (χ1n) is 9.94. The maximum Gasteiger partial charge on any atom is 0.309 e. The second-order valence-electron chi connectivity index (χ2n) is 7.65. The Morgan fingerprint density at radius 1 is 1.24 bits per heavy atom. The number of likely N-dealkylation sites (tertiary alicyclic amines) is 1. The van der Waals surface area contributed by atoms with Crippen LogP contribution in [0.2, 0.25) is 0 Å². The topological polar surface area (TPSA) is 71.8 Å². The van der Waals surface area contributed by atoms with Crippen molar-refractivity contribution in [1.29, 1.82) is 5.26 Å². The fourth-order valence-electron chi connectivity index (χ4n) is 3.61. The molecule has 2 aliphatic rings. The average Bonchev–Trinajstić information content (AvgIpc) is 3.20. The van der Waals surface area contributed by atoms with E-state index in [1.54, 1.807) is 18.2 Å². The van der Waals surface area contributed by atoms with E-state index in [4.69, 9.17) is 14.1 Å². The number of piperidine rings is 1. The van der Waals surface area contributed by atoms with Gasteiger partial charge in [-0.05, 0) is 54.1 Å². The summed E-state index contributed by atoms with van der Waals surface area (Å²) in [5.74, 6) is 2.21. The molecule has 0 atom stereocenters. The van der Waals surface area contributed by atoms with Gasteiger partial charge in [0.1, 0.15) is 23.3 Å².